The zero-order valence-corrected chi connectivity index (χ0v) is 22.9. The van der Waals surface area contributed by atoms with Crippen LogP contribution in [0, 0.1) is 6.92 Å². The van der Waals surface area contributed by atoms with Gasteiger partial charge in [0.1, 0.15) is 10.6 Å². The van der Waals surface area contributed by atoms with Gasteiger partial charge < -0.3 is 14.5 Å². The van der Waals surface area contributed by atoms with E-state index in [9.17, 15) is 14.4 Å². The number of esters is 1. The summed E-state index contributed by atoms with van der Waals surface area (Å²) in [4.78, 5) is 45.9. The highest BCUT2D eigenvalue weighted by Gasteiger charge is 2.43. The molecule has 0 atom stereocenters. The first-order valence-electron chi connectivity index (χ1n) is 13.0. The number of likely N-dealkylation sites (N-methyl/N-ethyl adjacent to an activating group) is 1. The van der Waals surface area contributed by atoms with E-state index in [1.165, 1.54) is 21.6 Å². The lowest BCUT2D eigenvalue weighted by Crippen LogP contribution is -3.10. The molecule has 1 saturated heterocycles. The van der Waals surface area contributed by atoms with Crippen molar-refractivity contribution in [3.05, 3.63) is 70.3 Å². The van der Waals surface area contributed by atoms with Gasteiger partial charge in [-0.05, 0) is 49.7 Å². The largest absolute Gasteiger partial charge is 0.462 e. The van der Waals surface area contributed by atoms with Crippen LogP contribution in [0.4, 0.5) is 5.69 Å². The number of benzene rings is 2. The summed E-state index contributed by atoms with van der Waals surface area (Å²) < 4.78 is 5.28. The Morgan fingerprint density at radius 2 is 1.70 bits per heavy atom. The highest BCUT2D eigenvalue weighted by molar-refractivity contribution is 8.04. The lowest BCUT2D eigenvalue weighted by atomic mass is 10.0. The van der Waals surface area contributed by atoms with E-state index in [-0.39, 0.29) is 17.9 Å². The maximum Gasteiger partial charge on any atom is 0.338 e. The number of ether oxygens (including phenoxy) is 1. The van der Waals surface area contributed by atoms with E-state index < -0.39 is 5.97 Å². The van der Waals surface area contributed by atoms with E-state index in [4.69, 9.17) is 4.74 Å². The normalized spacial score (nSPS) is 19.9. The van der Waals surface area contributed by atoms with Crippen LogP contribution in [0.15, 0.2) is 64.0 Å². The second-order valence-electron chi connectivity index (χ2n) is 9.87. The number of carbonyl (C=O) groups is 3. The zero-order valence-electron chi connectivity index (χ0n) is 22.1. The molecule has 2 heterocycles. The quantitative estimate of drug-likeness (QED) is 0.309. The van der Waals surface area contributed by atoms with Crippen molar-refractivity contribution in [2.24, 2.45) is 0 Å². The SMILES string of the molecule is CCCCOC(=O)c1ccc(N2C(=O)C(Sc3ccc(C)cc3)=C(N(C)C3CC[NH+](C)CC3)C2=O)cc1. The molecule has 0 saturated carbocycles. The molecule has 0 unspecified atom stereocenters. The minimum atomic E-state index is -0.405. The molecule has 0 spiro atoms. The first-order valence-corrected chi connectivity index (χ1v) is 13.8. The number of quaternary nitrogens is 1. The molecule has 4 rings (SSSR count). The third-order valence-corrected chi connectivity index (χ3v) is 8.14. The Morgan fingerprint density at radius 1 is 1.05 bits per heavy atom. The number of piperidine rings is 1. The van der Waals surface area contributed by atoms with Crippen LogP contribution >= 0.6 is 11.8 Å². The molecule has 2 aromatic rings. The van der Waals surface area contributed by atoms with Gasteiger partial charge in [0.05, 0.1) is 38.0 Å². The predicted molar refractivity (Wildman–Crippen MR) is 146 cm³/mol. The van der Waals surface area contributed by atoms with Crippen molar-refractivity contribution in [2.75, 3.05) is 38.7 Å². The number of aryl methyl sites for hydroxylation is 1. The van der Waals surface area contributed by atoms with E-state index in [2.05, 4.69) is 7.05 Å². The van der Waals surface area contributed by atoms with Crippen molar-refractivity contribution in [1.29, 1.82) is 0 Å². The summed E-state index contributed by atoms with van der Waals surface area (Å²) in [7, 11) is 4.11. The van der Waals surface area contributed by atoms with Crippen LogP contribution < -0.4 is 9.80 Å². The van der Waals surface area contributed by atoms with Gasteiger partial charge in [-0.1, -0.05) is 42.8 Å². The summed E-state index contributed by atoms with van der Waals surface area (Å²) in [5, 5.41) is 0. The number of hydrogen-bond acceptors (Lipinski definition) is 6. The number of likely N-dealkylation sites (tertiary alicyclic amines) is 1. The monoisotopic (exact) mass is 522 g/mol. The number of hydrogen-bond donors (Lipinski definition) is 1. The van der Waals surface area contributed by atoms with Crippen LogP contribution in [0.2, 0.25) is 0 Å². The van der Waals surface area contributed by atoms with Crippen molar-refractivity contribution in [2.45, 2.75) is 50.5 Å². The molecule has 0 radical (unpaired) electrons. The number of nitrogens with zero attached hydrogens (tertiary/aromatic N) is 2. The Morgan fingerprint density at radius 3 is 2.32 bits per heavy atom. The van der Waals surface area contributed by atoms with E-state index in [0.29, 0.717) is 28.5 Å². The molecule has 196 valence electrons. The first-order chi connectivity index (χ1) is 17.8. The minimum absolute atomic E-state index is 0.198. The highest BCUT2D eigenvalue weighted by atomic mass is 32.2. The van der Waals surface area contributed by atoms with Crippen LogP contribution in [-0.2, 0) is 14.3 Å². The van der Waals surface area contributed by atoms with Gasteiger partial charge in [0, 0.05) is 30.8 Å². The molecule has 2 aromatic carbocycles. The van der Waals surface area contributed by atoms with Crippen molar-refractivity contribution in [3.8, 4) is 0 Å². The van der Waals surface area contributed by atoms with Crippen molar-refractivity contribution >= 4 is 35.2 Å². The van der Waals surface area contributed by atoms with Crippen molar-refractivity contribution < 1.29 is 24.0 Å². The number of amides is 2. The second kappa shape index (κ2) is 12.0. The molecule has 1 fully saturated rings. The standard InChI is InChI=1S/C29H35N3O4S/c1-5-6-19-36-29(35)21-9-11-23(12-10-21)32-27(33)25(31(4)22-15-17-30(3)18-16-22)26(28(32)34)37-24-13-7-20(2)8-14-24/h7-14,22H,5-6,15-19H2,1-4H3/p+1. The van der Waals surface area contributed by atoms with Gasteiger partial charge in [0.2, 0.25) is 0 Å². The van der Waals surface area contributed by atoms with E-state index >= 15 is 0 Å². The number of rotatable bonds is 9. The molecule has 8 heteroatoms. The molecule has 0 aliphatic carbocycles. The lowest BCUT2D eigenvalue weighted by Gasteiger charge is -2.35. The Bertz CT molecular complexity index is 1170. The molecule has 2 aliphatic rings. The summed E-state index contributed by atoms with van der Waals surface area (Å²) in [6, 6.07) is 14.7. The van der Waals surface area contributed by atoms with Crippen LogP contribution in [0.1, 0.15) is 48.5 Å². The fourth-order valence-electron chi connectivity index (χ4n) is 4.66. The topological polar surface area (TPSA) is 71.4 Å². The lowest BCUT2D eigenvalue weighted by molar-refractivity contribution is -0.885. The predicted octanol–water partition coefficient (Wildman–Crippen LogP) is 3.44. The highest BCUT2D eigenvalue weighted by Crippen LogP contribution is 2.39. The molecule has 1 N–H and O–H groups in total. The maximum atomic E-state index is 13.8. The van der Waals surface area contributed by atoms with Crippen LogP contribution in [0.25, 0.3) is 0 Å². The summed E-state index contributed by atoms with van der Waals surface area (Å²) in [6.45, 7) is 6.49. The first kappa shape index (κ1) is 26.9. The number of imide groups is 1. The van der Waals surface area contributed by atoms with Gasteiger partial charge in [-0.3, -0.25) is 9.59 Å². The number of thioether (sulfide) groups is 1. The van der Waals surface area contributed by atoms with Gasteiger partial charge in [-0.15, -0.1) is 0 Å². The Balaban J connectivity index is 1.61. The second-order valence-corrected chi connectivity index (χ2v) is 11.0. The van der Waals surface area contributed by atoms with Crippen molar-refractivity contribution in [3.63, 3.8) is 0 Å². The summed E-state index contributed by atoms with van der Waals surface area (Å²) in [5.74, 6) is -1.07. The molecular formula is C29H36N3O4S+. The Kier molecular flexibility index (Phi) is 8.71. The molecule has 0 bridgehead atoms. The summed E-state index contributed by atoms with van der Waals surface area (Å²) in [5.41, 5.74) is 2.42. The van der Waals surface area contributed by atoms with Gasteiger partial charge in [0.15, 0.2) is 0 Å². The smallest absolute Gasteiger partial charge is 0.338 e. The van der Waals surface area contributed by atoms with Crippen molar-refractivity contribution in [1.82, 2.24) is 4.90 Å². The number of nitrogens with one attached hydrogen (secondary N) is 1. The summed E-state index contributed by atoms with van der Waals surface area (Å²) in [6.07, 6.45) is 3.68. The third kappa shape index (κ3) is 6.08. The van der Waals surface area contributed by atoms with Gasteiger partial charge in [-0.25, -0.2) is 9.69 Å². The van der Waals surface area contributed by atoms with E-state index in [0.717, 1.165) is 49.2 Å². The van der Waals surface area contributed by atoms with Gasteiger partial charge in [0.25, 0.3) is 11.8 Å². The van der Waals surface area contributed by atoms with E-state index in [1.807, 2.05) is 50.1 Å². The van der Waals surface area contributed by atoms with E-state index in [1.54, 1.807) is 24.3 Å². The Labute approximate surface area is 223 Å². The molecule has 2 amide bonds. The Hall–Kier alpha value is -3.10. The zero-order chi connectivity index (χ0) is 26.5. The minimum Gasteiger partial charge on any atom is -0.462 e. The average molecular weight is 523 g/mol. The molecule has 7 nitrogen and oxygen atoms in total. The van der Waals surface area contributed by atoms with Gasteiger partial charge >= 0.3 is 5.97 Å². The summed E-state index contributed by atoms with van der Waals surface area (Å²) >= 11 is 1.34. The molecular weight excluding hydrogens is 486 g/mol. The van der Waals surface area contributed by atoms with Crippen LogP contribution in [0.5, 0.6) is 0 Å². The number of carbonyl (C=O) groups excluding carboxylic acids is 3. The fourth-order valence-corrected chi connectivity index (χ4v) is 5.68. The fraction of sp³-hybridized carbons (Fsp3) is 0.414. The average Bonchev–Trinajstić information content (AvgIpc) is 3.14. The molecule has 2 aliphatic heterocycles. The van der Waals surface area contributed by atoms with Crippen LogP contribution in [-0.4, -0.2) is 62.5 Å². The molecule has 0 aromatic heterocycles. The third-order valence-electron chi connectivity index (χ3n) is 7.06. The molecule has 37 heavy (non-hydrogen) atoms. The maximum absolute atomic E-state index is 13.8. The number of anilines is 1. The van der Waals surface area contributed by atoms with Gasteiger partial charge in [-0.2, -0.15) is 0 Å². The van der Waals surface area contributed by atoms with Crippen LogP contribution in [0.3, 0.4) is 0 Å². The number of unbranched alkanes of at least 4 members (excludes halogenated alkanes) is 1.